The third kappa shape index (κ3) is 2.93. The van der Waals surface area contributed by atoms with Crippen LogP contribution in [0.4, 0.5) is 0 Å². The van der Waals surface area contributed by atoms with Crippen LogP contribution in [0.5, 0.6) is 0 Å². The van der Waals surface area contributed by atoms with Crippen LogP contribution in [0, 0.1) is 11.8 Å². The molecule has 3 nitrogen and oxygen atoms in total. The lowest BCUT2D eigenvalue weighted by Crippen LogP contribution is -2.47. The van der Waals surface area contributed by atoms with Gasteiger partial charge in [0.2, 0.25) is 0 Å². The van der Waals surface area contributed by atoms with Crippen molar-refractivity contribution in [2.24, 2.45) is 11.8 Å². The van der Waals surface area contributed by atoms with Crippen molar-refractivity contribution in [3.05, 3.63) is 18.0 Å². The van der Waals surface area contributed by atoms with E-state index >= 15 is 0 Å². The summed E-state index contributed by atoms with van der Waals surface area (Å²) in [5, 5.41) is 15.3. The Morgan fingerprint density at radius 3 is 2.65 bits per heavy atom. The van der Waals surface area contributed by atoms with Gasteiger partial charge < -0.3 is 5.11 Å². The van der Waals surface area contributed by atoms with E-state index in [9.17, 15) is 5.11 Å². The van der Waals surface area contributed by atoms with Crippen molar-refractivity contribution < 1.29 is 5.11 Å². The van der Waals surface area contributed by atoms with Crippen molar-refractivity contribution in [3.63, 3.8) is 0 Å². The second kappa shape index (κ2) is 5.51. The molecule has 2 saturated carbocycles. The van der Waals surface area contributed by atoms with Gasteiger partial charge in [0.25, 0.3) is 0 Å². The summed E-state index contributed by atoms with van der Waals surface area (Å²) in [6.07, 6.45) is 11.3. The molecule has 0 saturated heterocycles. The molecule has 0 amide bonds. The van der Waals surface area contributed by atoms with Crippen molar-refractivity contribution >= 4 is 0 Å². The Balaban J connectivity index is 1.57. The fourth-order valence-corrected chi connectivity index (χ4v) is 3.89. The molecule has 0 radical (unpaired) electrons. The van der Waals surface area contributed by atoms with Crippen LogP contribution < -0.4 is 0 Å². The van der Waals surface area contributed by atoms with E-state index in [1.807, 2.05) is 0 Å². The average molecular weight is 276 g/mol. The SMILES string of the molecule is CC(C)C1CC(O)(Cc2ccn(C3CCCCC3)n2)C1. The van der Waals surface area contributed by atoms with Gasteiger partial charge in [0.1, 0.15) is 0 Å². The molecule has 1 N–H and O–H groups in total. The van der Waals surface area contributed by atoms with Crippen molar-refractivity contribution in [1.29, 1.82) is 0 Å². The lowest BCUT2D eigenvalue weighted by Gasteiger charge is -2.45. The van der Waals surface area contributed by atoms with Crippen LogP contribution in [-0.2, 0) is 6.42 Å². The molecule has 0 spiro atoms. The number of nitrogens with zero attached hydrogens (tertiary/aromatic N) is 2. The zero-order valence-electron chi connectivity index (χ0n) is 12.9. The lowest BCUT2D eigenvalue weighted by atomic mass is 9.64. The lowest BCUT2D eigenvalue weighted by molar-refractivity contribution is -0.0866. The zero-order valence-corrected chi connectivity index (χ0v) is 12.9. The summed E-state index contributed by atoms with van der Waals surface area (Å²) in [4.78, 5) is 0. The summed E-state index contributed by atoms with van der Waals surface area (Å²) < 4.78 is 2.15. The van der Waals surface area contributed by atoms with E-state index in [0.717, 1.165) is 25.0 Å². The number of hydrogen-bond acceptors (Lipinski definition) is 2. The summed E-state index contributed by atoms with van der Waals surface area (Å²) in [5.41, 5.74) is 0.584. The highest BCUT2D eigenvalue weighted by Crippen LogP contribution is 2.43. The summed E-state index contributed by atoms with van der Waals surface area (Å²) in [6, 6.07) is 2.70. The van der Waals surface area contributed by atoms with E-state index < -0.39 is 5.60 Å². The molecule has 0 aliphatic heterocycles. The first-order valence-corrected chi connectivity index (χ1v) is 8.32. The van der Waals surface area contributed by atoms with Crippen LogP contribution in [-0.4, -0.2) is 20.5 Å². The van der Waals surface area contributed by atoms with Crippen molar-refractivity contribution in [3.8, 4) is 0 Å². The Morgan fingerprint density at radius 2 is 2.00 bits per heavy atom. The molecule has 0 atom stereocenters. The highest BCUT2D eigenvalue weighted by molar-refractivity contribution is 5.09. The second-order valence-corrected chi connectivity index (χ2v) is 7.39. The van der Waals surface area contributed by atoms with Gasteiger partial charge in [0.15, 0.2) is 0 Å². The Kier molecular flexibility index (Phi) is 3.89. The van der Waals surface area contributed by atoms with Gasteiger partial charge in [-0.25, -0.2) is 0 Å². The molecular weight excluding hydrogens is 248 g/mol. The summed E-state index contributed by atoms with van der Waals surface area (Å²) in [7, 11) is 0. The van der Waals surface area contributed by atoms with E-state index in [0.29, 0.717) is 17.9 Å². The molecular formula is C17H28N2O. The number of aromatic nitrogens is 2. The maximum absolute atomic E-state index is 10.6. The third-order valence-corrected chi connectivity index (χ3v) is 5.35. The van der Waals surface area contributed by atoms with Crippen molar-refractivity contribution in [2.45, 2.75) is 76.9 Å². The highest BCUT2D eigenvalue weighted by Gasteiger charge is 2.44. The smallest absolute Gasteiger partial charge is 0.0709 e. The molecule has 0 unspecified atom stereocenters. The fraction of sp³-hybridized carbons (Fsp3) is 0.824. The largest absolute Gasteiger partial charge is 0.389 e. The molecule has 2 aliphatic carbocycles. The van der Waals surface area contributed by atoms with E-state index in [-0.39, 0.29) is 0 Å². The second-order valence-electron chi connectivity index (χ2n) is 7.39. The van der Waals surface area contributed by atoms with Crippen molar-refractivity contribution in [2.75, 3.05) is 0 Å². The zero-order chi connectivity index (χ0) is 14.2. The summed E-state index contributed by atoms with van der Waals surface area (Å²) in [5.74, 6) is 1.38. The van der Waals surface area contributed by atoms with Crippen LogP contribution in [0.2, 0.25) is 0 Å². The standard InChI is InChI=1S/C17H28N2O/c1-13(2)14-10-17(20,11-14)12-15-8-9-19(18-15)16-6-4-3-5-7-16/h8-9,13-14,16,20H,3-7,10-12H2,1-2H3. The van der Waals surface area contributed by atoms with Gasteiger partial charge in [-0.1, -0.05) is 33.1 Å². The molecule has 1 aromatic rings. The number of aliphatic hydroxyl groups is 1. The Labute approximate surface area is 122 Å². The quantitative estimate of drug-likeness (QED) is 0.910. The van der Waals surface area contributed by atoms with E-state index in [4.69, 9.17) is 5.10 Å². The van der Waals surface area contributed by atoms with Crippen molar-refractivity contribution in [1.82, 2.24) is 9.78 Å². The molecule has 112 valence electrons. The number of hydrogen-bond donors (Lipinski definition) is 1. The van der Waals surface area contributed by atoms with Gasteiger partial charge in [0, 0.05) is 12.6 Å². The third-order valence-electron chi connectivity index (χ3n) is 5.35. The topological polar surface area (TPSA) is 38.0 Å². The molecule has 0 bridgehead atoms. The maximum Gasteiger partial charge on any atom is 0.0709 e. The predicted molar refractivity (Wildman–Crippen MR) is 80.6 cm³/mol. The minimum Gasteiger partial charge on any atom is -0.389 e. The molecule has 3 heteroatoms. The molecule has 3 rings (SSSR count). The monoisotopic (exact) mass is 276 g/mol. The molecule has 2 fully saturated rings. The normalized spacial score (nSPS) is 31.5. The van der Waals surface area contributed by atoms with Crippen LogP contribution in [0.15, 0.2) is 12.3 Å². The van der Waals surface area contributed by atoms with Crippen LogP contribution in [0.1, 0.15) is 70.5 Å². The summed E-state index contributed by atoms with van der Waals surface area (Å²) >= 11 is 0. The molecule has 2 aliphatic rings. The first kappa shape index (κ1) is 14.1. The minimum absolute atomic E-state index is 0.485. The molecule has 0 aromatic carbocycles. The fourth-order valence-electron chi connectivity index (χ4n) is 3.89. The van der Waals surface area contributed by atoms with Gasteiger partial charge in [-0.3, -0.25) is 4.68 Å². The van der Waals surface area contributed by atoms with Crippen LogP contribution >= 0.6 is 0 Å². The van der Waals surface area contributed by atoms with Gasteiger partial charge in [-0.05, 0) is 43.6 Å². The van der Waals surface area contributed by atoms with E-state index in [1.54, 1.807) is 0 Å². The van der Waals surface area contributed by atoms with Gasteiger partial charge in [-0.15, -0.1) is 0 Å². The van der Waals surface area contributed by atoms with Gasteiger partial charge >= 0.3 is 0 Å². The molecule has 20 heavy (non-hydrogen) atoms. The van der Waals surface area contributed by atoms with Gasteiger partial charge in [-0.2, -0.15) is 5.10 Å². The molecule has 1 heterocycles. The van der Waals surface area contributed by atoms with Crippen LogP contribution in [0.3, 0.4) is 0 Å². The minimum atomic E-state index is -0.485. The number of rotatable bonds is 4. The van der Waals surface area contributed by atoms with Crippen LogP contribution in [0.25, 0.3) is 0 Å². The first-order valence-electron chi connectivity index (χ1n) is 8.32. The summed E-state index contributed by atoms with van der Waals surface area (Å²) in [6.45, 7) is 4.50. The first-order chi connectivity index (χ1) is 9.56. The molecule has 1 aromatic heterocycles. The highest BCUT2D eigenvalue weighted by atomic mass is 16.3. The average Bonchev–Trinajstić information content (AvgIpc) is 2.85. The van der Waals surface area contributed by atoms with E-state index in [1.165, 1.54) is 32.1 Å². The van der Waals surface area contributed by atoms with Gasteiger partial charge in [0.05, 0.1) is 17.3 Å². The maximum atomic E-state index is 10.6. The Hall–Kier alpha value is -0.830. The Bertz CT molecular complexity index is 440. The van der Waals surface area contributed by atoms with E-state index in [2.05, 4.69) is 30.8 Å². The predicted octanol–water partition coefficient (Wildman–Crippen LogP) is 3.73. The Morgan fingerprint density at radius 1 is 1.30 bits per heavy atom.